The van der Waals surface area contributed by atoms with Crippen molar-refractivity contribution in [2.24, 2.45) is 16.3 Å². The maximum Gasteiger partial charge on any atom is 0.314 e. The minimum absolute atomic E-state index is 0.0827. The summed E-state index contributed by atoms with van der Waals surface area (Å²) in [5, 5.41) is 11.0. The monoisotopic (exact) mass is 382 g/mol. The summed E-state index contributed by atoms with van der Waals surface area (Å²) in [6.45, 7) is 3.63. The Morgan fingerprint density at radius 1 is 1.39 bits per heavy atom. The Morgan fingerprint density at radius 3 is 2.93 bits per heavy atom. The molecule has 1 aromatic carbocycles. The van der Waals surface area contributed by atoms with E-state index in [-0.39, 0.29) is 17.4 Å². The van der Waals surface area contributed by atoms with Crippen LogP contribution in [0.2, 0.25) is 0 Å². The van der Waals surface area contributed by atoms with Crippen molar-refractivity contribution in [3.8, 4) is 5.75 Å². The topological polar surface area (TPSA) is 71.4 Å². The summed E-state index contributed by atoms with van der Waals surface area (Å²) in [5.41, 5.74) is 2.04. The molecule has 28 heavy (non-hydrogen) atoms. The average molecular weight is 382 g/mol. The molecule has 3 aliphatic heterocycles. The van der Waals surface area contributed by atoms with Gasteiger partial charge in [-0.15, -0.1) is 0 Å². The van der Waals surface area contributed by atoms with E-state index in [1.165, 1.54) is 7.11 Å². The molecule has 1 aliphatic carbocycles. The van der Waals surface area contributed by atoms with Crippen LogP contribution in [0.5, 0.6) is 5.75 Å². The van der Waals surface area contributed by atoms with Crippen LogP contribution in [0.25, 0.3) is 0 Å². The van der Waals surface area contributed by atoms with Gasteiger partial charge in [-0.2, -0.15) is 0 Å². The molecule has 1 N–H and O–H groups in total. The molecule has 148 valence electrons. The zero-order valence-corrected chi connectivity index (χ0v) is 16.5. The summed E-state index contributed by atoms with van der Waals surface area (Å²) in [5.74, 6) is 0.0266. The molecule has 1 aromatic rings. The summed E-state index contributed by atoms with van der Waals surface area (Å²) < 4.78 is 10.6. The van der Waals surface area contributed by atoms with Gasteiger partial charge in [-0.05, 0) is 31.4 Å². The first-order valence-electron chi connectivity index (χ1n) is 9.93. The number of carbonyl (C=O) groups is 1. The molecule has 0 bridgehead atoms. The summed E-state index contributed by atoms with van der Waals surface area (Å²) in [4.78, 5) is 20.3. The molecule has 6 heteroatoms. The second kappa shape index (κ2) is 5.91. The number of hydrogen-bond donors (Lipinski definition) is 1. The van der Waals surface area contributed by atoms with Crippen LogP contribution in [0.3, 0.4) is 0 Å². The number of rotatable bonds is 3. The van der Waals surface area contributed by atoms with Gasteiger partial charge in [-0.25, -0.2) is 0 Å². The fraction of sp³-hybridized carbons (Fsp3) is 0.545. The molecule has 1 spiro atoms. The average Bonchev–Trinajstić information content (AvgIpc) is 3.26. The van der Waals surface area contributed by atoms with Crippen LogP contribution in [0.4, 0.5) is 5.69 Å². The normalized spacial score (nSPS) is 36.2. The molecule has 3 heterocycles. The lowest BCUT2D eigenvalue weighted by Gasteiger charge is -2.56. The third-order valence-electron chi connectivity index (χ3n) is 7.44. The minimum atomic E-state index is -0.581. The molecule has 0 aromatic heterocycles. The van der Waals surface area contributed by atoms with E-state index < -0.39 is 17.4 Å². The molecule has 2 fully saturated rings. The molecule has 5 atom stereocenters. The fourth-order valence-corrected chi connectivity index (χ4v) is 6.31. The first-order chi connectivity index (χ1) is 13.5. The third kappa shape index (κ3) is 2.00. The van der Waals surface area contributed by atoms with Crippen LogP contribution in [-0.2, 0) is 14.9 Å². The number of aliphatic hydroxyl groups excluding tert-OH is 1. The van der Waals surface area contributed by atoms with Crippen molar-refractivity contribution in [2.75, 3.05) is 27.3 Å². The van der Waals surface area contributed by atoms with Crippen molar-refractivity contribution in [3.05, 3.63) is 35.9 Å². The predicted molar refractivity (Wildman–Crippen MR) is 105 cm³/mol. The van der Waals surface area contributed by atoms with E-state index in [0.717, 1.165) is 42.2 Å². The quantitative estimate of drug-likeness (QED) is 0.641. The fourth-order valence-electron chi connectivity index (χ4n) is 6.31. The Kier molecular flexibility index (Phi) is 3.77. The van der Waals surface area contributed by atoms with Crippen molar-refractivity contribution in [1.29, 1.82) is 0 Å². The van der Waals surface area contributed by atoms with Gasteiger partial charge in [0.15, 0.2) is 0 Å². The van der Waals surface area contributed by atoms with Gasteiger partial charge in [0.2, 0.25) is 0 Å². The molecule has 1 saturated heterocycles. The lowest BCUT2D eigenvalue weighted by Crippen LogP contribution is -2.66. The molecule has 0 radical (unpaired) electrons. The van der Waals surface area contributed by atoms with Gasteiger partial charge in [0.1, 0.15) is 5.75 Å². The molecule has 0 amide bonds. The van der Waals surface area contributed by atoms with Crippen LogP contribution in [0.1, 0.15) is 25.3 Å². The van der Waals surface area contributed by atoms with Gasteiger partial charge in [-0.3, -0.25) is 14.7 Å². The Balaban J connectivity index is 1.78. The van der Waals surface area contributed by atoms with Crippen molar-refractivity contribution >= 4 is 17.4 Å². The molecule has 5 rings (SSSR count). The van der Waals surface area contributed by atoms with E-state index in [9.17, 15) is 9.90 Å². The number of esters is 1. The van der Waals surface area contributed by atoms with Crippen molar-refractivity contribution in [3.63, 3.8) is 0 Å². The first kappa shape index (κ1) is 17.9. The van der Waals surface area contributed by atoms with Crippen LogP contribution in [0, 0.1) is 11.3 Å². The Morgan fingerprint density at radius 2 is 2.21 bits per heavy atom. The van der Waals surface area contributed by atoms with Crippen LogP contribution in [-0.4, -0.2) is 61.1 Å². The highest BCUT2D eigenvalue weighted by molar-refractivity contribution is 6.13. The second-order valence-electron chi connectivity index (χ2n) is 8.47. The summed E-state index contributed by atoms with van der Waals surface area (Å²) in [6, 6.07) is 6.10. The summed E-state index contributed by atoms with van der Waals surface area (Å²) >= 11 is 0. The van der Waals surface area contributed by atoms with Gasteiger partial charge in [0.25, 0.3) is 0 Å². The zero-order chi connectivity index (χ0) is 19.7. The smallest absolute Gasteiger partial charge is 0.314 e. The van der Waals surface area contributed by atoms with Crippen LogP contribution in [0.15, 0.2) is 35.3 Å². The van der Waals surface area contributed by atoms with Gasteiger partial charge in [-0.1, -0.05) is 18.2 Å². The summed E-state index contributed by atoms with van der Waals surface area (Å²) in [6.07, 6.45) is 5.12. The Hall–Kier alpha value is -2.18. The maximum atomic E-state index is 12.8. The van der Waals surface area contributed by atoms with Crippen molar-refractivity contribution < 1.29 is 19.4 Å². The number of carbonyl (C=O) groups excluding carboxylic acids is 1. The first-order valence-corrected chi connectivity index (χ1v) is 9.93. The Bertz CT molecular complexity index is 908. The number of hydrogen-bond acceptors (Lipinski definition) is 6. The highest BCUT2D eigenvalue weighted by Gasteiger charge is 2.69. The highest BCUT2D eigenvalue weighted by Crippen LogP contribution is 2.63. The number of benzene rings is 1. The number of ether oxygens (including phenoxy) is 2. The standard InChI is InChI=1S/C22H26N2O4/c1-13(25)21-7-4-9-24-10-8-22(20(21)24)16-6-5-14(27-2)11-17(16)23-18(22)15(12-21)19(26)28-3/h4-7,11,13,15,20,25H,8-10,12H2,1-3H3/t13?,15?,20?,21-,22-/m0/s1. The molecule has 3 unspecified atom stereocenters. The number of aliphatic imine (C=N–C) groups is 1. The van der Waals surface area contributed by atoms with E-state index in [1.807, 2.05) is 19.1 Å². The maximum absolute atomic E-state index is 12.8. The molecule has 4 aliphatic rings. The van der Waals surface area contributed by atoms with E-state index in [0.29, 0.717) is 6.42 Å². The lowest BCUT2D eigenvalue weighted by molar-refractivity contribution is -0.146. The third-order valence-corrected chi connectivity index (χ3v) is 7.44. The number of fused-ring (bicyclic) bond motifs is 1. The van der Waals surface area contributed by atoms with Crippen LogP contribution < -0.4 is 4.74 Å². The number of methoxy groups -OCH3 is 2. The van der Waals surface area contributed by atoms with Gasteiger partial charge in [0.05, 0.1) is 37.3 Å². The molecule has 1 saturated carbocycles. The number of aliphatic hydroxyl groups is 1. The van der Waals surface area contributed by atoms with E-state index in [1.54, 1.807) is 7.11 Å². The largest absolute Gasteiger partial charge is 0.497 e. The highest BCUT2D eigenvalue weighted by atomic mass is 16.5. The molecule has 6 nitrogen and oxygen atoms in total. The Labute approximate surface area is 164 Å². The van der Waals surface area contributed by atoms with Gasteiger partial charge >= 0.3 is 5.97 Å². The van der Waals surface area contributed by atoms with Crippen molar-refractivity contribution in [2.45, 2.75) is 37.3 Å². The van der Waals surface area contributed by atoms with Crippen molar-refractivity contribution in [1.82, 2.24) is 4.90 Å². The zero-order valence-electron chi connectivity index (χ0n) is 16.5. The van der Waals surface area contributed by atoms with Gasteiger partial charge in [0, 0.05) is 36.3 Å². The van der Waals surface area contributed by atoms with E-state index >= 15 is 0 Å². The van der Waals surface area contributed by atoms with E-state index in [4.69, 9.17) is 14.5 Å². The second-order valence-corrected chi connectivity index (χ2v) is 8.47. The molecular formula is C22H26N2O4. The SMILES string of the molecule is COC(=O)C1C[C@]2(C(C)O)C=CCN3CC[C@]4(C1=Nc1cc(OC)ccc14)C32. The lowest BCUT2D eigenvalue weighted by atomic mass is 9.51. The number of nitrogens with zero attached hydrogens (tertiary/aromatic N) is 2. The molecular weight excluding hydrogens is 356 g/mol. The van der Waals surface area contributed by atoms with Crippen LogP contribution >= 0.6 is 0 Å². The summed E-state index contributed by atoms with van der Waals surface area (Å²) in [7, 11) is 3.08. The predicted octanol–water partition coefficient (Wildman–Crippen LogP) is 2.22. The van der Waals surface area contributed by atoms with E-state index in [2.05, 4.69) is 23.1 Å². The minimum Gasteiger partial charge on any atom is -0.497 e. The van der Waals surface area contributed by atoms with Gasteiger partial charge < -0.3 is 14.6 Å².